The standard InChI is InChI=1S/C14H12O2.H2/c1-2-14(15)16-10-12-8-5-7-11-6-3-4-9-13(11)12;/h2-9H,1,10H2;1H/i;1+1. The van der Waals surface area contributed by atoms with Gasteiger partial charge in [-0.15, -0.1) is 0 Å². The number of hydrogen-bond acceptors (Lipinski definition) is 2. The molecule has 2 aromatic carbocycles. The van der Waals surface area contributed by atoms with Crippen LogP contribution < -0.4 is 0 Å². The first-order valence-corrected chi connectivity index (χ1v) is 5.07. The van der Waals surface area contributed by atoms with Gasteiger partial charge in [-0.1, -0.05) is 49.0 Å². The topological polar surface area (TPSA) is 26.3 Å². The van der Waals surface area contributed by atoms with Crippen LogP contribution in [-0.2, 0) is 16.1 Å². The van der Waals surface area contributed by atoms with Crippen LogP contribution >= 0.6 is 0 Å². The Hall–Kier alpha value is -2.09. The number of carbonyl (C=O) groups is 1. The molecule has 0 heterocycles. The lowest BCUT2D eigenvalue weighted by molar-refractivity contribution is -0.138. The maximum absolute atomic E-state index is 11.0. The van der Waals surface area contributed by atoms with E-state index in [0.29, 0.717) is 0 Å². The monoisotopic (exact) mass is 215 g/mol. The van der Waals surface area contributed by atoms with Gasteiger partial charge in [-0.3, -0.25) is 0 Å². The van der Waals surface area contributed by atoms with Gasteiger partial charge in [0.05, 0.1) is 0 Å². The van der Waals surface area contributed by atoms with Crippen LogP contribution in [0.15, 0.2) is 55.1 Å². The Bertz CT molecular complexity index is 529. The third-order valence-electron chi connectivity index (χ3n) is 2.42. The molecule has 0 amide bonds. The fourth-order valence-corrected chi connectivity index (χ4v) is 1.63. The first kappa shape index (κ1) is 10.4. The molecule has 0 unspecified atom stereocenters. The average Bonchev–Trinajstić information content (AvgIpc) is 2.35. The average molecular weight is 215 g/mol. The number of hydrogen-bond donors (Lipinski definition) is 0. The van der Waals surface area contributed by atoms with Crippen molar-refractivity contribution in [2.75, 3.05) is 0 Å². The lowest BCUT2D eigenvalue weighted by Crippen LogP contribution is -2.00. The summed E-state index contributed by atoms with van der Waals surface area (Å²) in [6.45, 7) is 3.64. The number of rotatable bonds is 3. The lowest BCUT2D eigenvalue weighted by atomic mass is 10.1. The van der Waals surface area contributed by atoms with Crippen molar-refractivity contribution < 1.29 is 11.0 Å². The van der Waals surface area contributed by atoms with Crippen molar-refractivity contribution in [2.45, 2.75) is 6.61 Å². The van der Waals surface area contributed by atoms with Crippen LogP contribution in [0.5, 0.6) is 0 Å². The number of esters is 1. The van der Waals surface area contributed by atoms with Gasteiger partial charge in [0, 0.05) is 7.50 Å². The highest BCUT2D eigenvalue weighted by molar-refractivity contribution is 5.86. The van der Waals surface area contributed by atoms with Gasteiger partial charge in [0.1, 0.15) is 6.61 Å². The molecule has 82 valence electrons. The van der Waals surface area contributed by atoms with Crippen molar-refractivity contribution in [1.29, 1.82) is 0 Å². The molecule has 0 spiro atoms. The molecule has 16 heavy (non-hydrogen) atoms. The largest absolute Gasteiger partial charge is 0.458 e. The summed E-state index contributed by atoms with van der Waals surface area (Å²) in [6, 6.07) is 14.0. The SMILES string of the molecule is C=CC(=O)OCc1cccc2ccccc12.[2HH]. The molecule has 0 aliphatic carbocycles. The van der Waals surface area contributed by atoms with Gasteiger partial charge in [-0.25, -0.2) is 4.79 Å². The number of ether oxygens (including phenoxy) is 1. The van der Waals surface area contributed by atoms with Crippen LogP contribution in [0.4, 0.5) is 0 Å². The molecule has 0 radical (unpaired) electrons. The summed E-state index contributed by atoms with van der Waals surface area (Å²) < 4.78 is 5.03. The summed E-state index contributed by atoms with van der Waals surface area (Å²) in [4.78, 5) is 11.0. The molecule has 0 bridgehead atoms. The normalized spacial score (nSPS) is 10.0. The molecule has 2 aromatic rings. The van der Waals surface area contributed by atoms with Crippen LogP contribution in [0.25, 0.3) is 10.8 Å². The quantitative estimate of drug-likeness (QED) is 0.580. The van der Waals surface area contributed by atoms with E-state index in [1.807, 2.05) is 42.5 Å². The van der Waals surface area contributed by atoms with Crippen LogP contribution in [0, 0.1) is 0 Å². The van der Waals surface area contributed by atoms with Gasteiger partial charge in [0.25, 0.3) is 0 Å². The van der Waals surface area contributed by atoms with E-state index in [0.717, 1.165) is 16.3 Å². The van der Waals surface area contributed by atoms with E-state index >= 15 is 0 Å². The number of carbonyl (C=O) groups excluding carboxylic acids is 1. The Labute approximate surface area is 95.6 Å². The highest BCUT2D eigenvalue weighted by Crippen LogP contribution is 2.19. The minimum atomic E-state index is -0.395. The van der Waals surface area contributed by atoms with Gasteiger partial charge in [-0.05, 0) is 16.3 Å². The zero-order valence-electron chi connectivity index (χ0n) is 8.85. The molecule has 0 saturated heterocycles. The van der Waals surface area contributed by atoms with E-state index in [1.165, 1.54) is 6.08 Å². The molecule has 0 aliphatic rings. The van der Waals surface area contributed by atoms with E-state index in [-0.39, 0.29) is 8.03 Å². The summed E-state index contributed by atoms with van der Waals surface area (Å²) in [7, 11) is 0. The summed E-state index contributed by atoms with van der Waals surface area (Å²) in [6.07, 6.45) is 1.17. The predicted octanol–water partition coefficient (Wildman–Crippen LogP) is 3.32. The summed E-state index contributed by atoms with van der Waals surface area (Å²) >= 11 is 0. The van der Waals surface area contributed by atoms with E-state index < -0.39 is 5.97 Å². The molecule has 2 rings (SSSR count). The second kappa shape index (κ2) is 4.62. The second-order valence-electron chi connectivity index (χ2n) is 3.45. The third-order valence-corrected chi connectivity index (χ3v) is 2.42. The Morgan fingerprint density at radius 1 is 1.25 bits per heavy atom. The molecule has 0 N–H and O–H groups in total. The van der Waals surface area contributed by atoms with Crippen molar-refractivity contribution in [3.63, 3.8) is 0 Å². The van der Waals surface area contributed by atoms with Gasteiger partial charge in [-0.2, -0.15) is 0 Å². The molecular formula is C14H14O2. The first-order chi connectivity index (χ1) is 7.81. The molecule has 0 aliphatic heterocycles. The van der Waals surface area contributed by atoms with Crippen molar-refractivity contribution in [3.8, 4) is 0 Å². The van der Waals surface area contributed by atoms with Crippen LogP contribution in [0.2, 0.25) is 0 Å². The van der Waals surface area contributed by atoms with E-state index in [4.69, 9.17) is 4.74 Å². The summed E-state index contributed by atoms with van der Waals surface area (Å²) in [5, 5.41) is 2.26. The van der Waals surface area contributed by atoms with Crippen LogP contribution in [-0.4, -0.2) is 5.97 Å². The number of fused-ring (bicyclic) bond motifs is 1. The fourth-order valence-electron chi connectivity index (χ4n) is 1.63. The highest BCUT2D eigenvalue weighted by Gasteiger charge is 2.02. The predicted molar refractivity (Wildman–Crippen MR) is 66.1 cm³/mol. The Kier molecular flexibility index (Phi) is 3.01. The van der Waals surface area contributed by atoms with Crippen LogP contribution in [0.3, 0.4) is 0 Å². The minimum Gasteiger partial charge on any atom is -0.458 e. The van der Waals surface area contributed by atoms with Gasteiger partial charge in [0.15, 0.2) is 0 Å². The molecule has 2 heteroatoms. The van der Waals surface area contributed by atoms with Gasteiger partial charge < -0.3 is 4.74 Å². The zero-order chi connectivity index (χ0) is 11.4. The lowest BCUT2D eigenvalue weighted by Gasteiger charge is -2.06. The van der Waals surface area contributed by atoms with Crippen molar-refractivity contribution in [1.82, 2.24) is 0 Å². The zero-order valence-corrected chi connectivity index (χ0v) is 8.85. The smallest absolute Gasteiger partial charge is 0.330 e. The Morgan fingerprint density at radius 3 is 2.81 bits per heavy atom. The minimum absolute atomic E-state index is 0. The van der Waals surface area contributed by atoms with Crippen LogP contribution in [0.1, 0.15) is 6.99 Å². The summed E-state index contributed by atoms with van der Waals surface area (Å²) in [5.41, 5.74) is 1.01. The summed E-state index contributed by atoms with van der Waals surface area (Å²) in [5.74, 6) is -0.395. The molecule has 0 aromatic heterocycles. The molecule has 0 saturated carbocycles. The van der Waals surface area contributed by atoms with Crippen molar-refractivity contribution in [3.05, 3.63) is 60.7 Å². The van der Waals surface area contributed by atoms with E-state index in [2.05, 4.69) is 6.58 Å². The van der Waals surface area contributed by atoms with Gasteiger partial charge in [0.2, 0.25) is 0 Å². The van der Waals surface area contributed by atoms with Crippen molar-refractivity contribution >= 4 is 16.7 Å². The molecular weight excluding hydrogens is 200 g/mol. The van der Waals surface area contributed by atoms with E-state index in [1.54, 1.807) is 0 Å². The molecule has 2 nitrogen and oxygen atoms in total. The number of benzene rings is 2. The molecule has 0 fully saturated rings. The van der Waals surface area contributed by atoms with Gasteiger partial charge >= 0.3 is 5.97 Å². The first-order valence-electron chi connectivity index (χ1n) is 5.07. The maximum Gasteiger partial charge on any atom is 0.330 e. The Balaban J connectivity index is 0.00000144. The highest BCUT2D eigenvalue weighted by atomic mass is 16.5. The van der Waals surface area contributed by atoms with Crippen molar-refractivity contribution in [2.24, 2.45) is 0 Å². The van der Waals surface area contributed by atoms with E-state index in [9.17, 15) is 4.79 Å². The fraction of sp³-hybridized carbons (Fsp3) is 0.0714. The third kappa shape index (κ3) is 2.11. The second-order valence-corrected chi connectivity index (χ2v) is 3.45. The maximum atomic E-state index is 11.0. The molecule has 0 atom stereocenters. The Morgan fingerprint density at radius 2 is 2.00 bits per heavy atom.